The second-order valence-corrected chi connectivity index (χ2v) is 8.16. The Morgan fingerprint density at radius 3 is 2.41 bits per heavy atom. The quantitative estimate of drug-likeness (QED) is 0.526. The number of hydrogen-bond acceptors (Lipinski definition) is 4. The highest BCUT2D eigenvalue weighted by molar-refractivity contribution is 7.89. The number of primary sulfonamides is 1. The Balaban J connectivity index is 1.89. The largest absolute Gasteiger partial charge is 0.360 e. The lowest BCUT2D eigenvalue weighted by molar-refractivity contribution is 0.597. The molecule has 2 aromatic heterocycles. The van der Waals surface area contributed by atoms with Crippen molar-refractivity contribution in [3.63, 3.8) is 0 Å². The monoisotopic (exact) mass is 403 g/mol. The predicted octanol–water partition coefficient (Wildman–Crippen LogP) is 3.65. The van der Waals surface area contributed by atoms with Gasteiger partial charge in [0.25, 0.3) is 5.82 Å². The van der Waals surface area contributed by atoms with Crippen molar-refractivity contribution < 1.29 is 8.42 Å². The molecule has 8 heteroatoms. The van der Waals surface area contributed by atoms with Crippen LogP contribution < -0.4 is 5.14 Å². The van der Waals surface area contributed by atoms with Crippen molar-refractivity contribution in [3.05, 3.63) is 83.6 Å². The summed E-state index contributed by atoms with van der Waals surface area (Å²) in [5.41, 5.74) is 4.04. The second kappa shape index (κ2) is 7.13. The molecule has 0 aliphatic rings. The van der Waals surface area contributed by atoms with Crippen molar-refractivity contribution in [3.8, 4) is 11.1 Å². The van der Waals surface area contributed by atoms with Crippen LogP contribution in [0.15, 0.2) is 65.7 Å². The summed E-state index contributed by atoms with van der Waals surface area (Å²) >= 11 is 0. The van der Waals surface area contributed by atoms with Gasteiger partial charge in [-0.2, -0.15) is 0 Å². The average Bonchev–Trinajstić information content (AvgIpc) is 3.03. The minimum absolute atomic E-state index is 0.0675. The van der Waals surface area contributed by atoms with Gasteiger partial charge in [-0.3, -0.25) is 0 Å². The van der Waals surface area contributed by atoms with Crippen molar-refractivity contribution in [1.82, 2.24) is 14.5 Å². The maximum atomic E-state index is 11.5. The number of benzene rings is 2. The molecule has 4 aromatic rings. The number of sulfonamides is 1. The standard InChI is InChI=1S/C21H17N5O2S/c1-14-25-18-12-24-21(23-2)19(16-6-4-3-5-7-16)20(18)26(14)13-15-8-10-17(11-9-15)29(22,27)28/h3-12H,13H2,1H3,(H2,22,27,28). The number of imidazole rings is 1. The summed E-state index contributed by atoms with van der Waals surface area (Å²) in [5, 5.41) is 5.18. The Morgan fingerprint density at radius 1 is 1.10 bits per heavy atom. The van der Waals surface area contributed by atoms with Gasteiger partial charge in [-0.05, 0) is 30.2 Å². The Labute approximate surface area is 168 Å². The summed E-state index contributed by atoms with van der Waals surface area (Å²) in [6, 6.07) is 16.1. The highest BCUT2D eigenvalue weighted by Crippen LogP contribution is 2.36. The van der Waals surface area contributed by atoms with Crippen LogP contribution in [0.5, 0.6) is 0 Å². The van der Waals surface area contributed by atoms with Crippen molar-refractivity contribution in [2.24, 2.45) is 5.14 Å². The van der Waals surface area contributed by atoms with E-state index in [1.165, 1.54) is 12.1 Å². The van der Waals surface area contributed by atoms with Crippen LogP contribution in [0.2, 0.25) is 0 Å². The van der Waals surface area contributed by atoms with Gasteiger partial charge in [-0.1, -0.05) is 49.0 Å². The molecular formula is C21H17N5O2S. The fourth-order valence-electron chi connectivity index (χ4n) is 3.35. The van der Waals surface area contributed by atoms with E-state index in [9.17, 15) is 8.42 Å². The van der Waals surface area contributed by atoms with Gasteiger partial charge in [-0.15, -0.1) is 4.98 Å². The van der Waals surface area contributed by atoms with E-state index in [0.29, 0.717) is 17.9 Å². The van der Waals surface area contributed by atoms with E-state index in [-0.39, 0.29) is 4.90 Å². The van der Waals surface area contributed by atoms with Crippen LogP contribution >= 0.6 is 0 Å². The van der Waals surface area contributed by atoms with Crippen LogP contribution in [-0.4, -0.2) is 23.0 Å². The van der Waals surface area contributed by atoms with Crippen LogP contribution in [0, 0.1) is 13.5 Å². The van der Waals surface area contributed by atoms with Crippen molar-refractivity contribution in [1.29, 1.82) is 0 Å². The maximum Gasteiger partial charge on any atom is 0.279 e. The average molecular weight is 403 g/mol. The van der Waals surface area contributed by atoms with E-state index >= 15 is 0 Å². The van der Waals surface area contributed by atoms with E-state index in [4.69, 9.17) is 11.7 Å². The van der Waals surface area contributed by atoms with E-state index in [2.05, 4.69) is 14.8 Å². The van der Waals surface area contributed by atoms with E-state index < -0.39 is 10.0 Å². The minimum atomic E-state index is -3.74. The van der Waals surface area contributed by atoms with Gasteiger partial charge in [0.05, 0.1) is 10.4 Å². The SMILES string of the molecule is [C-]#[N+]c1ncc2nc(C)n(Cc3ccc(S(N)(=O)=O)cc3)c2c1-c1ccccc1. The first-order valence-corrected chi connectivity index (χ1v) is 10.3. The highest BCUT2D eigenvalue weighted by Gasteiger charge is 2.19. The molecule has 0 bridgehead atoms. The number of aromatic nitrogens is 3. The summed E-state index contributed by atoms with van der Waals surface area (Å²) in [6.07, 6.45) is 1.61. The summed E-state index contributed by atoms with van der Waals surface area (Å²) in [5.74, 6) is 1.09. The molecule has 0 spiro atoms. The third kappa shape index (κ3) is 3.49. The lowest BCUT2D eigenvalue weighted by atomic mass is 10.0. The smallest absolute Gasteiger partial charge is 0.279 e. The maximum absolute atomic E-state index is 11.5. The van der Waals surface area contributed by atoms with Crippen LogP contribution in [0.3, 0.4) is 0 Å². The Bertz CT molecular complexity index is 1350. The molecule has 2 N–H and O–H groups in total. The Kier molecular flexibility index (Phi) is 4.62. The highest BCUT2D eigenvalue weighted by atomic mass is 32.2. The molecule has 29 heavy (non-hydrogen) atoms. The Hall–Kier alpha value is -3.54. The summed E-state index contributed by atoms with van der Waals surface area (Å²) in [6.45, 7) is 9.91. The first kappa shape index (κ1) is 18.8. The number of aryl methyl sites for hydroxylation is 1. The molecule has 0 amide bonds. The molecule has 0 radical (unpaired) electrons. The summed E-state index contributed by atoms with van der Waals surface area (Å²) in [4.78, 5) is 12.6. The van der Waals surface area contributed by atoms with Crippen molar-refractivity contribution in [2.75, 3.05) is 0 Å². The third-order valence-electron chi connectivity index (χ3n) is 4.72. The third-order valence-corrected chi connectivity index (χ3v) is 5.65. The zero-order chi connectivity index (χ0) is 20.6. The Morgan fingerprint density at radius 2 is 1.79 bits per heavy atom. The van der Waals surface area contributed by atoms with Crippen LogP contribution in [0.1, 0.15) is 11.4 Å². The van der Waals surface area contributed by atoms with E-state index in [1.807, 2.05) is 41.8 Å². The zero-order valence-electron chi connectivity index (χ0n) is 15.6. The number of hydrogen-bond donors (Lipinski definition) is 1. The molecule has 0 saturated heterocycles. The summed E-state index contributed by atoms with van der Waals surface area (Å²) < 4.78 is 25.0. The van der Waals surface area contributed by atoms with Gasteiger partial charge < -0.3 is 9.41 Å². The zero-order valence-corrected chi connectivity index (χ0v) is 16.4. The molecule has 2 aromatic carbocycles. The predicted molar refractivity (Wildman–Crippen MR) is 111 cm³/mol. The van der Waals surface area contributed by atoms with Gasteiger partial charge in [-0.25, -0.2) is 18.5 Å². The molecule has 2 heterocycles. The summed E-state index contributed by atoms with van der Waals surface area (Å²) in [7, 11) is -3.74. The normalized spacial score (nSPS) is 11.5. The minimum Gasteiger partial charge on any atom is -0.360 e. The molecule has 144 valence electrons. The second-order valence-electron chi connectivity index (χ2n) is 6.60. The van der Waals surface area contributed by atoms with Gasteiger partial charge in [0.2, 0.25) is 10.0 Å². The van der Waals surface area contributed by atoms with Crippen molar-refractivity contribution in [2.45, 2.75) is 18.4 Å². The van der Waals surface area contributed by atoms with Crippen LogP contribution in [0.25, 0.3) is 27.0 Å². The first-order chi connectivity index (χ1) is 13.9. The molecule has 0 aliphatic carbocycles. The molecule has 7 nitrogen and oxygen atoms in total. The molecule has 0 atom stereocenters. The molecule has 0 fully saturated rings. The number of nitrogens with two attached hydrogens (primary N) is 1. The molecule has 0 unspecified atom stereocenters. The van der Waals surface area contributed by atoms with E-state index in [1.54, 1.807) is 18.3 Å². The number of rotatable bonds is 4. The lowest BCUT2D eigenvalue weighted by Crippen LogP contribution is -2.12. The molecular weight excluding hydrogens is 386 g/mol. The number of fused-ring (bicyclic) bond motifs is 1. The van der Waals surface area contributed by atoms with Crippen molar-refractivity contribution >= 4 is 26.9 Å². The topological polar surface area (TPSA) is 95.2 Å². The molecule has 0 saturated carbocycles. The number of nitrogens with zero attached hydrogens (tertiary/aromatic N) is 4. The van der Waals surface area contributed by atoms with Crippen LogP contribution in [0.4, 0.5) is 5.82 Å². The first-order valence-electron chi connectivity index (χ1n) is 8.79. The van der Waals surface area contributed by atoms with Crippen LogP contribution in [-0.2, 0) is 16.6 Å². The van der Waals surface area contributed by atoms with E-state index in [0.717, 1.165) is 28.0 Å². The number of pyridine rings is 1. The molecule has 0 aliphatic heterocycles. The fourth-order valence-corrected chi connectivity index (χ4v) is 3.86. The van der Waals surface area contributed by atoms with Gasteiger partial charge in [0.15, 0.2) is 0 Å². The lowest BCUT2D eigenvalue weighted by Gasteiger charge is -2.12. The van der Waals surface area contributed by atoms with Gasteiger partial charge >= 0.3 is 0 Å². The molecule has 4 rings (SSSR count). The fraction of sp³-hybridized carbons (Fsp3) is 0.0952. The van der Waals surface area contributed by atoms with Gasteiger partial charge in [0.1, 0.15) is 17.5 Å². The van der Waals surface area contributed by atoms with Gasteiger partial charge in [0, 0.05) is 12.1 Å².